The first-order valence-corrected chi connectivity index (χ1v) is 11.1. The molecule has 0 aliphatic rings. The van der Waals surface area contributed by atoms with Crippen molar-refractivity contribution >= 4 is 18.6 Å². The number of nitrogens with zero attached hydrogens (tertiary/aromatic N) is 4. The van der Waals surface area contributed by atoms with Crippen molar-refractivity contribution in [1.82, 2.24) is 4.90 Å². The summed E-state index contributed by atoms with van der Waals surface area (Å²) in [5.74, 6) is -0.155. The molecule has 3 aromatic rings. The largest absolute Gasteiger partial charge is 0.872 e. The first kappa shape index (κ1) is 24.7. The first-order valence-electron chi connectivity index (χ1n) is 11.1. The van der Waals surface area contributed by atoms with Gasteiger partial charge in [-0.15, -0.1) is 17.2 Å². The van der Waals surface area contributed by atoms with E-state index in [4.69, 9.17) is 0 Å². The Morgan fingerprint density at radius 1 is 0.500 bits per heavy atom. The molecule has 0 fully saturated rings. The van der Waals surface area contributed by atoms with Crippen LogP contribution in [0, 0.1) is 0 Å². The number of benzene rings is 3. The molecule has 0 saturated heterocycles. The molecule has 0 heterocycles. The molecule has 0 amide bonds. The Morgan fingerprint density at radius 3 is 1.09 bits per heavy atom. The van der Waals surface area contributed by atoms with Gasteiger partial charge in [0, 0.05) is 38.3 Å². The second-order valence-corrected chi connectivity index (χ2v) is 7.56. The highest BCUT2D eigenvalue weighted by Crippen LogP contribution is 2.10. The maximum atomic E-state index is 11.8. The van der Waals surface area contributed by atoms with Crippen LogP contribution in [0.5, 0.6) is 17.2 Å². The smallest absolute Gasteiger partial charge is 0.0517 e. The fourth-order valence-corrected chi connectivity index (χ4v) is 3.18. The third kappa shape index (κ3) is 8.18. The average molecular weight is 456 g/mol. The zero-order chi connectivity index (χ0) is 24.0. The lowest BCUT2D eigenvalue weighted by molar-refractivity contribution is -0.269. The van der Waals surface area contributed by atoms with Crippen molar-refractivity contribution in [3.63, 3.8) is 0 Å². The standard InChI is InChI=1S/C27H30N4O3/c32-25-10-4-1-7-22(25)19-28-13-16-31(17-14-29-20-23-8-2-5-11-26(23)33)18-15-30-21-24-9-3-6-12-27(24)34/h1-12,19-21,32-34H,13-18H2/p-3. The van der Waals surface area contributed by atoms with Crippen LogP contribution in [0.3, 0.4) is 0 Å². The van der Waals surface area contributed by atoms with Crippen molar-refractivity contribution in [3.8, 4) is 17.2 Å². The zero-order valence-electron chi connectivity index (χ0n) is 18.9. The first-order chi connectivity index (χ1) is 16.6. The Labute approximate surface area is 200 Å². The molecule has 0 radical (unpaired) electrons. The summed E-state index contributed by atoms with van der Waals surface area (Å²) < 4.78 is 0. The van der Waals surface area contributed by atoms with E-state index in [1.807, 2.05) is 18.2 Å². The third-order valence-electron chi connectivity index (χ3n) is 5.08. The van der Waals surface area contributed by atoms with E-state index in [9.17, 15) is 15.3 Å². The van der Waals surface area contributed by atoms with Gasteiger partial charge in [0.05, 0.1) is 19.6 Å². The van der Waals surface area contributed by atoms with Crippen LogP contribution in [0.15, 0.2) is 87.8 Å². The van der Waals surface area contributed by atoms with Crippen LogP contribution in [-0.2, 0) is 0 Å². The highest BCUT2D eigenvalue weighted by atomic mass is 16.3. The maximum absolute atomic E-state index is 11.8. The van der Waals surface area contributed by atoms with E-state index in [1.54, 1.807) is 55.0 Å². The predicted molar refractivity (Wildman–Crippen MR) is 131 cm³/mol. The van der Waals surface area contributed by atoms with Crippen molar-refractivity contribution in [2.24, 2.45) is 15.0 Å². The molecular weight excluding hydrogens is 428 g/mol. The van der Waals surface area contributed by atoms with Crippen molar-refractivity contribution in [1.29, 1.82) is 0 Å². The van der Waals surface area contributed by atoms with Gasteiger partial charge in [-0.05, 0) is 16.7 Å². The molecule has 0 aliphatic carbocycles. The van der Waals surface area contributed by atoms with Crippen LogP contribution in [0.1, 0.15) is 16.7 Å². The molecule has 3 rings (SSSR count). The predicted octanol–water partition coefficient (Wildman–Crippen LogP) is 1.87. The normalized spacial score (nSPS) is 11.9. The highest BCUT2D eigenvalue weighted by Gasteiger charge is 2.03. The van der Waals surface area contributed by atoms with Gasteiger partial charge in [-0.25, -0.2) is 0 Å². The van der Waals surface area contributed by atoms with E-state index in [-0.39, 0.29) is 17.2 Å². The summed E-state index contributed by atoms with van der Waals surface area (Å²) in [5, 5.41) is 35.4. The molecule has 0 spiro atoms. The molecular formula is C27H27N4O3-3. The Balaban J connectivity index is 1.54. The van der Waals surface area contributed by atoms with Gasteiger partial charge in [-0.2, -0.15) is 0 Å². The molecule has 176 valence electrons. The number of hydrogen-bond donors (Lipinski definition) is 0. The third-order valence-corrected chi connectivity index (χ3v) is 5.08. The minimum absolute atomic E-state index is 0.0518. The van der Waals surface area contributed by atoms with Crippen LogP contribution >= 0.6 is 0 Å². The Kier molecular flexibility index (Phi) is 9.83. The van der Waals surface area contributed by atoms with Gasteiger partial charge in [0.2, 0.25) is 0 Å². The average Bonchev–Trinajstić information content (AvgIpc) is 2.84. The van der Waals surface area contributed by atoms with Gasteiger partial charge >= 0.3 is 0 Å². The molecule has 0 bridgehead atoms. The van der Waals surface area contributed by atoms with Crippen LogP contribution in [0.2, 0.25) is 0 Å². The second-order valence-electron chi connectivity index (χ2n) is 7.56. The lowest BCUT2D eigenvalue weighted by Gasteiger charge is -2.19. The van der Waals surface area contributed by atoms with Gasteiger partial charge in [0.1, 0.15) is 0 Å². The summed E-state index contributed by atoms with van der Waals surface area (Å²) in [6, 6.07) is 20.3. The van der Waals surface area contributed by atoms with E-state index in [0.29, 0.717) is 56.0 Å². The van der Waals surface area contributed by atoms with E-state index < -0.39 is 0 Å². The van der Waals surface area contributed by atoms with Crippen LogP contribution in [0.4, 0.5) is 0 Å². The molecule has 7 heteroatoms. The lowest BCUT2D eigenvalue weighted by atomic mass is 10.2. The molecule has 0 unspecified atom stereocenters. The van der Waals surface area contributed by atoms with E-state index in [0.717, 1.165) is 0 Å². The zero-order valence-corrected chi connectivity index (χ0v) is 18.9. The van der Waals surface area contributed by atoms with Gasteiger partial charge < -0.3 is 15.3 Å². The molecule has 3 aromatic carbocycles. The highest BCUT2D eigenvalue weighted by molar-refractivity contribution is 5.84. The minimum atomic E-state index is -0.0518. The Hall–Kier alpha value is -3.97. The molecule has 0 aliphatic heterocycles. The number of aliphatic imine (C=N–C) groups is 3. The fourth-order valence-electron chi connectivity index (χ4n) is 3.18. The molecule has 0 aromatic heterocycles. The van der Waals surface area contributed by atoms with Crippen LogP contribution in [-0.4, -0.2) is 62.8 Å². The number of hydrogen-bond acceptors (Lipinski definition) is 7. The molecule has 0 N–H and O–H groups in total. The van der Waals surface area contributed by atoms with Gasteiger partial charge in [0.15, 0.2) is 0 Å². The minimum Gasteiger partial charge on any atom is -0.872 e. The SMILES string of the molecule is [O-]c1ccccc1C=NCCN(CCN=Cc1ccccc1[O-])CCN=Cc1ccccc1[O-]. The number of rotatable bonds is 12. The lowest BCUT2D eigenvalue weighted by Crippen LogP contribution is -2.31. The molecule has 0 saturated carbocycles. The molecule has 34 heavy (non-hydrogen) atoms. The summed E-state index contributed by atoms with van der Waals surface area (Å²) >= 11 is 0. The summed E-state index contributed by atoms with van der Waals surface area (Å²) in [7, 11) is 0. The van der Waals surface area contributed by atoms with Crippen molar-refractivity contribution in [2.75, 3.05) is 39.3 Å². The van der Waals surface area contributed by atoms with Crippen molar-refractivity contribution in [2.45, 2.75) is 0 Å². The van der Waals surface area contributed by atoms with E-state index >= 15 is 0 Å². The van der Waals surface area contributed by atoms with Gasteiger partial charge in [-0.1, -0.05) is 72.8 Å². The van der Waals surface area contributed by atoms with Crippen molar-refractivity contribution < 1.29 is 15.3 Å². The molecule has 7 nitrogen and oxygen atoms in total. The maximum Gasteiger partial charge on any atom is 0.0517 e. The Bertz CT molecular complexity index is 987. The van der Waals surface area contributed by atoms with Crippen molar-refractivity contribution in [3.05, 3.63) is 89.5 Å². The fraction of sp³-hybridized carbons (Fsp3) is 0.222. The summed E-state index contributed by atoms with van der Waals surface area (Å²) in [5.41, 5.74) is 1.70. The summed E-state index contributed by atoms with van der Waals surface area (Å²) in [4.78, 5) is 15.3. The van der Waals surface area contributed by atoms with E-state index in [1.165, 1.54) is 18.2 Å². The second kappa shape index (κ2) is 13.5. The number of para-hydroxylation sites is 3. The topological polar surface area (TPSA) is 110 Å². The van der Waals surface area contributed by atoms with E-state index in [2.05, 4.69) is 19.9 Å². The quantitative estimate of drug-likeness (QED) is 0.388. The van der Waals surface area contributed by atoms with Crippen LogP contribution < -0.4 is 15.3 Å². The summed E-state index contributed by atoms with van der Waals surface area (Å²) in [6.45, 7) is 3.56. The summed E-state index contributed by atoms with van der Waals surface area (Å²) in [6.07, 6.45) is 4.81. The van der Waals surface area contributed by atoms with Gasteiger partial charge in [-0.3, -0.25) is 19.9 Å². The van der Waals surface area contributed by atoms with Crippen LogP contribution in [0.25, 0.3) is 0 Å². The Morgan fingerprint density at radius 2 is 0.794 bits per heavy atom. The van der Waals surface area contributed by atoms with Gasteiger partial charge in [0.25, 0.3) is 0 Å². The molecule has 0 atom stereocenters. The monoisotopic (exact) mass is 455 g/mol.